The van der Waals surface area contributed by atoms with Crippen molar-refractivity contribution in [2.75, 3.05) is 16.8 Å². The topological polar surface area (TPSA) is 101 Å². The molecule has 2 aliphatic rings. The van der Waals surface area contributed by atoms with Crippen molar-refractivity contribution in [2.24, 2.45) is 0 Å². The van der Waals surface area contributed by atoms with Crippen LogP contribution in [0.1, 0.15) is 44.3 Å². The molecule has 0 bridgehead atoms. The summed E-state index contributed by atoms with van der Waals surface area (Å²) in [5, 5.41) is 0. The molecule has 1 fully saturated rings. The summed E-state index contributed by atoms with van der Waals surface area (Å²) < 4.78 is 5.19. The molecule has 0 aromatic heterocycles. The van der Waals surface area contributed by atoms with Crippen LogP contribution < -0.4 is 9.80 Å². The lowest BCUT2D eigenvalue weighted by molar-refractivity contribution is -0.116. The molecule has 1 aliphatic heterocycles. The predicted octanol–water partition coefficient (Wildman–Crippen LogP) is 3.97. The van der Waals surface area contributed by atoms with E-state index in [1.807, 2.05) is 0 Å². The van der Waals surface area contributed by atoms with E-state index >= 15 is 0 Å². The Morgan fingerprint density at radius 1 is 0.829 bits per heavy atom. The van der Waals surface area contributed by atoms with Gasteiger partial charge >= 0.3 is 12.0 Å². The number of carbonyl (C=O) groups is 5. The second kappa shape index (κ2) is 8.18. The average molecular weight is 466 g/mol. The van der Waals surface area contributed by atoms with Crippen molar-refractivity contribution in [1.82, 2.24) is 0 Å². The summed E-state index contributed by atoms with van der Waals surface area (Å²) in [5.74, 6) is -1.66. The van der Waals surface area contributed by atoms with Crippen molar-refractivity contribution in [3.63, 3.8) is 0 Å². The number of imide groups is 1. The van der Waals surface area contributed by atoms with E-state index in [1.165, 1.54) is 36.1 Å². The number of rotatable bonds is 3. The van der Waals surface area contributed by atoms with Crippen molar-refractivity contribution >= 4 is 46.9 Å². The van der Waals surface area contributed by atoms with Gasteiger partial charge < -0.3 is 9.64 Å². The molecule has 0 radical (unpaired) electrons. The van der Waals surface area contributed by atoms with E-state index in [0.717, 1.165) is 4.90 Å². The van der Waals surface area contributed by atoms with Crippen LogP contribution in [0.3, 0.4) is 0 Å². The average Bonchev–Trinajstić information content (AvgIpc) is 3.14. The van der Waals surface area contributed by atoms with Gasteiger partial charge in [0.15, 0.2) is 17.3 Å². The molecular weight excluding hydrogens is 448 g/mol. The molecule has 8 heteroatoms. The molecular formula is C27H18N2O6. The fraction of sp³-hybridized carbons (Fsp3) is 0.0741. The second-order valence-electron chi connectivity index (χ2n) is 8.12. The molecule has 0 spiro atoms. The monoisotopic (exact) mass is 466 g/mol. The Labute approximate surface area is 200 Å². The molecule has 0 unspecified atom stereocenters. The Kier molecular flexibility index (Phi) is 5.13. The lowest BCUT2D eigenvalue weighted by Gasteiger charge is -2.19. The Balaban J connectivity index is 1.45. The molecule has 8 nitrogen and oxygen atoms in total. The fourth-order valence-corrected chi connectivity index (χ4v) is 4.04. The third-order valence-electron chi connectivity index (χ3n) is 6.01. The summed E-state index contributed by atoms with van der Waals surface area (Å²) >= 11 is 0. The van der Waals surface area contributed by atoms with E-state index in [-0.39, 0.29) is 45.6 Å². The minimum absolute atomic E-state index is 0.120. The number of benzene rings is 3. The zero-order valence-electron chi connectivity index (χ0n) is 18.8. The quantitative estimate of drug-likeness (QED) is 0.424. The molecule has 1 heterocycles. The number of anilines is 2. The van der Waals surface area contributed by atoms with Crippen molar-refractivity contribution < 1.29 is 28.7 Å². The zero-order chi connectivity index (χ0) is 24.9. The van der Waals surface area contributed by atoms with Crippen molar-refractivity contribution in [3.05, 3.63) is 100 Å². The number of hydrogen-bond acceptors (Lipinski definition) is 6. The van der Waals surface area contributed by atoms with Crippen molar-refractivity contribution in [1.29, 1.82) is 0 Å². The normalized spacial score (nSPS) is 15.7. The van der Waals surface area contributed by atoms with Gasteiger partial charge in [0.2, 0.25) is 5.91 Å². The molecule has 1 saturated heterocycles. The highest BCUT2D eigenvalue weighted by atomic mass is 16.6. The van der Waals surface area contributed by atoms with E-state index in [0.29, 0.717) is 16.8 Å². The molecule has 35 heavy (non-hydrogen) atoms. The van der Waals surface area contributed by atoms with Crippen LogP contribution in [-0.4, -0.2) is 36.5 Å². The van der Waals surface area contributed by atoms with Gasteiger partial charge in [-0.3, -0.25) is 19.2 Å². The van der Waals surface area contributed by atoms with Gasteiger partial charge in [0.1, 0.15) is 0 Å². The van der Waals surface area contributed by atoms with E-state index in [2.05, 4.69) is 0 Å². The summed E-state index contributed by atoms with van der Waals surface area (Å²) in [7, 11) is 1.64. The third-order valence-corrected chi connectivity index (χ3v) is 6.01. The number of hydrogen-bond donors (Lipinski definition) is 0. The van der Waals surface area contributed by atoms with Gasteiger partial charge in [-0.1, -0.05) is 36.4 Å². The van der Waals surface area contributed by atoms with Crippen LogP contribution in [0.4, 0.5) is 16.2 Å². The highest BCUT2D eigenvalue weighted by Gasteiger charge is 2.39. The van der Waals surface area contributed by atoms with Gasteiger partial charge in [-0.15, -0.1) is 0 Å². The maximum absolute atomic E-state index is 13.0. The van der Waals surface area contributed by atoms with Crippen molar-refractivity contribution in [2.45, 2.75) is 6.92 Å². The molecule has 172 valence electrons. The number of carbonyl (C=O) groups excluding carboxylic acids is 5. The second-order valence-corrected chi connectivity index (χ2v) is 8.12. The van der Waals surface area contributed by atoms with Gasteiger partial charge in [-0.25, -0.2) is 9.69 Å². The summed E-state index contributed by atoms with van der Waals surface area (Å²) in [4.78, 5) is 65.2. The first-order valence-corrected chi connectivity index (χ1v) is 10.7. The van der Waals surface area contributed by atoms with E-state index in [9.17, 15) is 24.0 Å². The maximum atomic E-state index is 13.0. The Morgan fingerprint density at radius 3 is 2.06 bits per heavy atom. The van der Waals surface area contributed by atoms with Gasteiger partial charge in [-0.05, 0) is 42.0 Å². The first-order chi connectivity index (χ1) is 16.8. The first kappa shape index (κ1) is 22.0. The summed E-state index contributed by atoms with van der Waals surface area (Å²) in [6.45, 7) is 1.45. The van der Waals surface area contributed by atoms with Crippen LogP contribution in [0.15, 0.2) is 72.5 Å². The Morgan fingerprint density at radius 2 is 1.43 bits per heavy atom. The van der Waals surface area contributed by atoms with Crippen molar-refractivity contribution in [3.8, 4) is 0 Å². The number of cyclic esters (lactones) is 1. The Bertz CT molecular complexity index is 1490. The van der Waals surface area contributed by atoms with Gasteiger partial charge in [0, 0.05) is 41.9 Å². The minimum atomic E-state index is -0.913. The highest BCUT2D eigenvalue weighted by molar-refractivity contribution is 6.30. The lowest BCUT2D eigenvalue weighted by atomic mass is 9.84. The van der Waals surface area contributed by atoms with Gasteiger partial charge in [-0.2, -0.15) is 0 Å². The molecule has 3 amide bonds. The number of nitrogens with zero attached hydrogens (tertiary/aromatic N) is 2. The zero-order valence-corrected chi connectivity index (χ0v) is 18.8. The molecule has 0 atom stereocenters. The van der Waals surface area contributed by atoms with E-state index in [4.69, 9.17) is 4.74 Å². The van der Waals surface area contributed by atoms with E-state index < -0.39 is 12.0 Å². The van der Waals surface area contributed by atoms with Crippen LogP contribution in [0.5, 0.6) is 0 Å². The first-order valence-electron chi connectivity index (χ1n) is 10.7. The predicted molar refractivity (Wildman–Crippen MR) is 127 cm³/mol. The molecule has 3 aromatic rings. The molecule has 1 aliphatic carbocycles. The standard InChI is InChI=1S/C27H18N2O6/c1-15(30)28(2)17-9-7-16(8-10-17)13-23-26(33)29(27(34)35-23)18-11-12-21-22(14-18)25(32)20-6-4-3-5-19(20)24(21)31/h3-14H,1-2H3/b23-13+. The van der Waals surface area contributed by atoms with Crippen LogP contribution in [0.25, 0.3) is 6.08 Å². The van der Waals surface area contributed by atoms with Gasteiger partial charge in [0.05, 0.1) is 5.69 Å². The molecule has 0 N–H and O–H groups in total. The minimum Gasteiger partial charge on any atom is -0.404 e. The summed E-state index contributed by atoms with van der Waals surface area (Å²) in [6, 6.07) is 17.5. The summed E-state index contributed by atoms with van der Waals surface area (Å²) in [6.07, 6.45) is 0.505. The number of fused-ring (bicyclic) bond motifs is 2. The molecule has 5 rings (SSSR count). The smallest absolute Gasteiger partial charge is 0.404 e. The number of amides is 3. The van der Waals surface area contributed by atoms with E-state index in [1.54, 1.807) is 55.6 Å². The molecule has 3 aromatic carbocycles. The van der Waals surface area contributed by atoms with Crippen LogP contribution in [0.2, 0.25) is 0 Å². The van der Waals surface area contributed by atoms with Crippen LogP contribution >= 0.6 is 0 Å². The lowest BCUT2D eigenvalue weighted by Crippen LogP contribution is -2.29. The maximum Gasteiger partial charge on any atom is 0.427 e. The number of ether oxygens (including phenoxy) is 1. The van der Waals surface area contributed by atoms with Crippen LogP contribution in [-0.2, 0) is 14.3 Å². The van der Waals surface area contributed by atoms with Crippen LogP contribution in [0, 0.1) is 0 Å². The SMILES string of the molecule is CC(=O)N(C)c1ccc(/C=C2/OC(=O)N(c3ccc4c(c3)C(=O)c3ccccc3C4=O)C2=O)cc1. The highest BCUT2D eigenvalue weighted by Crippen LogP contribution is 2.33. The fourth-order valence-electron chi connectivity index (χ4n) is 4.04. The summed E-state index contributed by atoms with van der Waals surface area (Å²) in [5.41, 5.74) is 2.31. The number of ketones is 2. The largest absolute Gasteiger partial charge is 0.427 e. The molecule has 0 saturated carbocycles. The Hall–Kier alpha value is -4.85. The van der Waals surface area contributed by atoms with Gasteiger partial charge in [0.25, 0.3) is 0 Å². The third kappa shape index (κ3) is 3.61.